The first kappa shape index (κ1) is 17.0. The van der Waals surface area contributed by atoms with Crippen molar-refractivity contribution in [2.75, 3.05) is 20.6 Å². The molecule has 0 spiro atoms. The van der Waals surface area contributed by atoms with Crippen molar-refractivity contribution >= 4 is 0 Å². The minimum absolute atomic E-state index is 0.404. The average Bonchev–Trinajstić information content (AvgIpc) is 2.65. The largest absolute Gasteiger partial charge is 0.312 e. The van der Waals surface area contributed by atoms with Gasteiger partial charge in [-0.15, -0.1) is 0 Å². The van der Waals surface area contributed by atoms with Crippen molar-refractivity contribution in [3.05, 3.63) is 0 Å². The second-order valence-corrected chi connectivity index (χ2v) is 6.56. The van der Waals surface area contributed by atoms with Gasteiger partial charge in [0.15, 0.2) is 0 Å². The van der Waals surface area contributed by atoms with Crippen LogP contribution in [0.1, 0.15) is 78.1 Å². The average molecular weight is 268 g/mol. The molecule has 0 aliphatic heterocycles. The Morgan fingerprint density at radius 3 is 2.11 bits per heavy atom. The summed E-state index contributed by atoms with van der Waals surface area (Å²) >= 11 is 0. The van der Waals surface area contributed by atoms with Crippen molar-refractivity contribution in [1.29, 1.82) is 0 Å². The van der Waals surface area contributed by atoms with Crippen molar-refractivity contribution < 1.29 is 0 Å². The quantitative estimate of drug-likeness (QED) is 0.664. The molecule has 1 unspecified atom stereocenters. The van der Waals surface area contributed by atoms with Gasteiger partial charge in [0.05, 0.1) is 0 Å². The van der Waals surface area contributed by atoms with Crippen LogP contribution in [0.5, 0.6) is 0 Å². The van der Waals surface area contributed by atoms with Gasteiger partial charge >= 0.3 is 0 Å². The zero-order valence-corrected chi connectivity index (χ0v) is 13.8. The van der Waals surface area contributed by atoms with E-state index in [0.29, 0.717) is 11.6 Å². The highest BCUT2D eigenvalue weighted by molar-refractivity contribution is 4.99. The Kier molecular flexibility index (Phi) is 8.01. The van der Waals surface area contributed by atoms with Crippen LogP contribution in [0.15, 0.2) is 0 Å². The highest BCUT2D eigenvalue weighted by Gasteiger charge is 2.39. The van der Waals surface area contributed by atoms with Crippen LogP contribution in [0.2, 0.25) is 0 Å². The third kappa shape index (κ3) is 4.75. The molecule has 1 N–H and O–H groups in total. The van der Waals surface area contributed by atoms with E-state index < -0.39 is 0 Å². The lowest BCUT2D eigenvalue weighted by atomic mass is 9.79. The summed E-state index contributed by atoms with van der Waals surface area (Å²) in [6.45, 7) is 5.76. The summed E-state index contributed by atoms with van der Waals surface area (Å²) in [5, 5.41) is 3.88. The Bertz CT molecular complexity index is 209. The van der Waals surface area contributed by atoms with Gasteiger partial charge in [0, 0.05) is 11.6 Å². The maximum absolute atomic E-state index is 3.88. The van der Waals surface area contributed by atoms with E-state index in [9.17, 15) is 0 Å². The van der Waals surface area contributed by atoms with E-state index in [1.807, 2.05) is 0 Å². The van der Waals surface area contributed by atoms with Crippen LogP contribution in [0.4, 0.5) is 0 Å². The van der Waals surface area contributed by atoms with Gasteiger partial charge in [-0.2, -0.15) is 0 Å². The molecular weight excluding hydrogens is 232 g/mol. The van der Waals surface area contributed by atoms with Gasteiger partial charge in [-0.1, -0.05) is 52.4 Å². The van der Waals surface area contributed by atoms with Gasteiger partial charge in [-0.25, -0.2) is 0 Å². The van der Waals surface area contributed by atoms with Crippen molar-refractivity contribution in [3.63, 3.8) is 0 Å². The SMILES string of the molecule is CCCCC(NCCC)C1(N(C)C)CCCCCC1. The summed E-state index contributed by atoms with van der Waals surface area (Å²) in [4.78, 5) is 2.54. The topological polar surface area (TPSA) is 15.3 Å². The second kappa shape index (κ2) is 8.97. The molecule has 0 heterocycles. The predicted molar refractivity (Wildman–Crippen MR) is 85.7 cm³/mol. The third-order valence-corrected chi connectivity index (χ3v) is 5.00. The molecule has 0 bridgehead atoms. The molecule has 1 atom stereocenters. The Balaban J connectivity index is 2.81. The van der Waals surface area contributed by atoms with Crippen molar-refractivity contribution in [3.8, 4) is 0 Å². The van der Waals surface area contributed by atoms with Crippen LogP contribution in [-0.4, -0.2) is 37.1 Å². The normalized spacial score (nSPS) is 21.3. The molecule has 1 rings (SSSR count). The first-order valence-corrected chi connectivity index (χ1v) is 8.58. The summed E-state index contributed by atoms with van der Waals surface area (Å²) in [6.07, 6.45) is 13.7. The molecule has 1 aliphatic carbocycles. The Morgan fingerprint density at radius 1 is 1.00 bits per heavy atom. The van der Waals surface area contributed by atoms with Crippen LogP contribution in [0.3, 0.4) is 0 Å². The van der Waals surface area contributed by atoms with E-state index in [4.69, 9.17) is 0 Å². The van der Waals surface area contributed by atoms with E-state index in [1.54, 1.807) is 0 Å². The number of hydrogen-bond acceptors (Lipinski definition) is 2. The molecule has 114 valence electrons. The van der Waals surface area contributed by atoms with Gasteiger partial charge in [-0.3, -0.25) is 0 Å². The molecule has 2 nitrogen and oxygen atoms in total. The zero-order chi connectivity index (χ0) is 14.1. The Hall–Kier alpha value is -0.0800. The highest BCUT2D eigenvalue weighted by atomic mass is 15.2. The van der Waals surface area contributed by atoms with Crippen LogP contribution >= 0.6 is 0 Å². The maximum Gasteiger partial charge on any atom is 0.0356 e. The molecule has 1 fully saturated rings. The molecule has 2 heteroatoms. The summed E-state index contributed by atoms with van der Waals surface area (Å²) in [5.74, 6) is 0. The summed E-state index contributed by atoms with van der Waals surface area (Å²) in [5.41, 5.74) is 0.404. The summed E-state index contributed by atoms with van der Waals surface area (Å²) in [6, 6.07) is 0.681. The molecule has 0 saturated heterocycles. The molecule has 19 heavy (non-hydrogen) atoms. The number of nitrogens with one attached hydrogen (secondary N) is 1. The molecule has 0 aromatic heterocycles. The lowest BCUT2D eigenvalue weighted by molar-refractivity contribution is 0.0752. The van der Waals surface area contributed by atoms with Crippen molar-refractivity contribution in [1.82, 2.24) is 10.2 Å². The molecule has 0 aromatic carbocycles. The fourth-order valence-electron chi connectivity index (χ4n) is 3.74. The maximum atomic E-state index is 3.88. The number of hydrogen-bond donors (Lipinski definition) is 1. The van der Waals surface area contributed by atoms with Crippen LogP contribution in [0, 0.1) is 0 Å². The van der Waals surface area contributed by atoms with E-state index in [-0.39, 0.29) is 0 Å². The zero-order valence-electron chi connectivity index (χ0n) is 13.8. The highest BCUT2D eigenvalue weighted by Crippen LogP contribution is 2.35. The fourth-order valence-corrected chi connectivity index (χ4v) is 3.74. The minimum Gasteiger partial charge on any atom is -0.312 e. The first-order valence-electron chi connectivity index (χ1n) is 8.58. The second-order valence-electron chi connectivity index (χ2n) is 6.56. The first-order chi connectivity index (χ1) is 9.17. The van der Waals surface area contributed by atoms with Crippen LogP contribution in [-0.2, 0) is 0 Å². The molecule has 0 radical (unpaired) electrons. The minimum atomic E-state index is 0.404. The molecular formula is C17H36N2. The van der Waals surface area contributed by atoms with Crippen LogP contribution in [0.25, 0.3) is 0 Å². The van der Waals surface area contributed by atoms with Crippen molar-refractivity contribution in [2.24, 2.45) is 0 Å². The lowest BCUT2D eigenvalue weighted by Gasteiger charge is -2.46. The van der Waals surface area contributed by atoms with Gasteiger partial charge in [-0.05, 0) is 46.3 Å². The summed E-state index contributed by atoms with van der Waals surface area (Å²) in [7, 11) is 4.61. The third-order valence-electron chi connectivity index (χ3n) is 5.00. The number of nitrogens with zero attached hydrogens (tertiary/aromatic N) is 1. The summed E-state index contributed by atoms with van der Waals surface area (Å²) < 4.78 is 0. The molecule has 1 saturated carbocycles. The molecule has 1 aliphatic rings. The Labute approximate surface area is 121 Å². The van der Waals surface area contributed by atoms with E-state index >= 15 is 0 Å². The number of rotatable bonds is 8. The van der Waals surface area contributed by atoms with Gasteiger partial charge in [0.1, 0.15) is 0 Å². The smallest absolute Gasteiger partial charge is 0.0356 e. The lowest BCUT2D eigenvalue weighted by Crippen LogP contribution is -2.59. The van der Waals surface area contributed by atoms with Crippen molar-refractivity contribution in [2.45, 2.75) is 89.6 Å². The monoisotopic (exact) mass is 268 g/mol. The van der Waals surface area contributed by atoms with Gasteiger partial charge in [0.25, 0.3) is 0 Å². The number of unbranched alkanes of at least 4 members (excludes halogenated alkanes) is 1. The fraction of sp³-hybridized carbons (Fsp3) is 1.00. The van der Waals surface area contributed by atoms with Gasteiger partial charge in [0.2, 0.25) is 0 Å². The van der Waals surface area contributed by atoms with E-state index in [1.165, 1.54) is 70.8 Å². The molecule has 0 amide bonds. The predicted octanol–water partition coefficient (Wildman–Crippen LogP) is 4.20. The number of likely N-dealkylation sites (N-methyl/N-ethyl adjacent to an activating group) is 1. The van der Waals surface area contributed by atoms with E-state index in [0.717, 1.165) is 0 Å². The standard InChI is InChI=1S/C17H36N2/c1-5-7-12-16(18-15-6-2)17(19(3)4)13-10-8-9-11-14-17/h16,18H,5-15H2,1-4H3. The van der Waals surface area contributed by atoms with E-state index in [2.05, 4.69) is 38.2 Å². The Morgan fingerprint density at radius 2 is 1.63 bits per heavy atom. The molecule has 0 aromatic rings. The van der Waals surface area contributed by atoms with Gasteiger partial charge < -0.3 is 10.2 Å². The van der Waals surface area contributed by atoms with Crippen LogP contribution < -0.4 is 5.32 Å².